The van der Waals surface area contributed by atoms with E-state index in [1.54, 1.807) is 37.3 Å². The molecular weight excluding hydrogens is 472 g/mol. The molecule has 186 valence electrons. The molecule has 13 heteroatoms. The molecule has 0 aromatic heterocycles. The van der Waals surface area contributed by atoms with Gasteiger partial charge < -0.3 is 29.2 Å². The second-order valence-electron chi connectivity index (χ2n) is 8.19. The SMILES string of the molecule is CCCOC(=O)OCOC(=O)[C@@H]1N2C(=O)C(NC(=O)OCc3ccccc3)[C@H]2S(=O)(=O)C1(C)C. The van der Waals surface area contributed by atoms with E-state index in [0.29, 0.717) is 12.0 Å². The van der Waals surface area contributed by atoms with E-state index >= 15 is 0 Å². The van der Waals surface area contributed by atoms with Gasteiger partial charge in [0.15, 0.2) is 15.2 Å². The minimum atomic E-state index is -4.11. The average molecular weight is 499 g/mol. The molecule has 0 bridgehead atoms. The maximum atomic E-state index is 13.1. The van der Waals surface area contributed by atoms with Gasteiger partial charge in [0.2, 0.25) is 12.7 Å². The van der Waals surface area contributed by atoms with Crippen molar-refractivity contribution in [2.24, 2.45) is 0 Å². The van der Waals surface area contributed by atoms with E-state index in [4.69, 9.17) is 9.47 Å². The third-order valence-corrected chi connectivity index (χ3v) is 8.40. The van der Waals surface area contributed by atoms with Gasteiger partial charge in [-0.05, 0) is 25.8 Å². The number of nitrogens with zero attached hydrogens (tertiary/aromatic N) is 1. The van der Waals surface area contributed by atoms with Crippen molar-refractivity contribution < 1.29 is 46.5 Å². The Morgan fingerprint density at radius 3 is 2.38 bits per heavy atom. The van der Waals surface area contributed by atoms with Gasteiger partial charge in [-0.3, -0.25) is 4.79 Å². The molecule has 34 heavy (non-hydrogen) atoms. The van der Waals surface area contributed by atoms with Crippen LogP contribution in [0.1, 0.15) is 32.8 Å². The number of amides is 2. The quantitative estimate of drug-likeness (QED) is 0.238. The summed E-state index contributed by atoms with van der Waals surface area (Å²) in [5.41, 5.74) is 0.706. The Balaban J connectivity index is 1.63. The molecule has 2 amide bonds. The van der Waals surface area contributed by atoms with Gasteiger partial charge in [-0.25, -0.2) is 22.8 Å². The largest absolute Gasteiger partial charge is 0.511 e. The normalized spacial score (nSPS) is 23.8. The smallest absolute Gasteiger partial charge is 0.445 e. The Morgan fingerprint density at radius 2 is 1.74 bits per heavy atom. The van der Waals surface area contributed by atoms with E-state index in [-0.39, 0.29) is 13.2 Å². The van der Waals surface area contributed by atoms with Crippen LogP contribution in [0.4, 0.5) is 9.59 Å². The minimum Gasteiger partial charge on any atom is -0.445 e. The fourth-order valence-corrected chi connectivity index (χ4v) is 5.97. The number of benzene rings is 1. The summed E-state index contributed by atoms with van der Waals surface area (Å²) in [6.45, 7) is 3.57. The number of β-lactam (4-membered cyclic amide) rings is 1. The first-order valence-electron chi connectivity index (χ1n) is 10.5. The van der Waals surface area contributed by atoms with Crippen LogP contribution in [0, 0.1) is 0 Å². The third kappa shape index (κ3) is 4.65. The van der Waals surface area contributed by atoms with Crippen molar-refractivity contribution in [2.45, 2.75) is 56.0 Å². The van der Waals surface area contributed by atoms with E-state index in [0.717, 1.165) is 4.90 Å². The highest BCUT2D eigenvalue weighted by Gasteiger charge is 2.72. The number of fused-ring (bicyclic) bond motifs is 1. The lowest BCUT2D eigenvalue weighted by Crippen LogP contribution is -2.72. The summed E-state index contributed by atoms with van der Waals surface area (Å²) in [5.74, 6) is -1.85. The van der Waals surface area contributed by atoms with Crippen molar-refractivity contribution >= 4 is 34.0 Å². The third-order valence-electron chi connectivity index (χ3n) is 5.58. The first-order chi connectivity index (χ1) is 16.0. The molecule has 1 N–H and O–H groups in total. The molecule has 0 radical (unpaired) electrons. The summed E-state index contributed by atoms with van der Waals surface area (Å²) >= 11 is 0. The van der Waals surface area contributed by atoms with Gasteiger partial charge in [0.25, 0.3) is 0 Å². The van der Waals surface area contributed by atoms with E-state index in [2.05, 4.69) is 14.8 Å². The zero-order valence-electron chi connectivity index (χ0n) is 18.9. The van der Waals surface area contributed by atoms with Gasteiger partial charge in [-0.15, -0.1) is 0 Å². The molecule has 2 fully saturated rings. The number of carbonyl (C=O) groups is 4. The number of alkyl carbamates (subject to hydrolysis) is 1. The number of hydrogen-bond acceptors (Lipinski definition) is 10. The van der Waals surface area contributed by atoms with Gasteiger partial charge in [-0.2, -0.15) is 0 Å². The van der Waals surface area contributed by atoms with Crippen LogP contribution in [0.25, 0.3) is 0 Å². The van der Waals surface area contributed by atoms with Crippen LogP contribution in [-0.2, 0) is 45.0 Å². The van der Waals surface area contributed by atoms with Crippen LogP contribution in [0.2, 0.25) is 0 Å². The molecule has 0 saturated carbocycles. The molecule has 0 spiro atoms. The Kier molecular flexibility index (Phi) is 7.34. The topological polar surface area (TPSA) is 155 Å². The predicted molar refractivity (Wildman–Crippen MR) is 115 cm³/mol. The molecule has 1 aromatic rings. The van der Waals surface area contributed by atoms with E-state index in [1.165, 1.54) is 13.8 Å². The monoisotopic (exact) mass is 498 g/mol. The number of rotatable bonds is 8. The van der Waals surface area contributed by atoms with Crippen LogP contribution in [0.15, 0.2) is 30.3 Å². The fourth-order valence-electron chi connectivity index (χ4n) is 3.75. The first kappa shape index (κ1) is 25.3. The van der Waals surface area contributed by atoms with Gasteiger partial charge >= 0.3 is 18.2 Å². The summed E-state index contributed by atoms with van der Waals surface area (Å²) in [6, 6.07) is 5.87. The molecule has 2 saturated heterocycles. The van der Waals surface area contributed by atoms with Crippen molar-refractivity contribution in [3.8, 4) is 0 Å². The lowest BCUT2D eigenvalue weighted by molar-refractivity contribution is -0.169. The molecule has 12 nitrogen and oxygen atoms in total. The summed E-state index contributed by atoms with van der Waals surface area (Å²) in [7, 11) is -4.11. The van der Waals surface area contributed by atoms with Crippen molar-refractivity contribution in [1.29, 1.82) is 0 Å². The van der Waals surface area contributed by atoms with Gasteiger partial charge in [0.05, 0.1) is 6.61 Å². The Morgan fingerprint density at radius 1 is 1.06 bits per heavy atom. The molecule has 1 unspecified atom stereocenters. The van der Waals surface area contributed by atoms with Gasteiger partial charge in [-0.1, -0.05) is 37.3 Å². The molecule has 2 aliphatic heterocycles. The summed E-state index contributed by atoms with van der Waals surface area (Å²) in [6.07, 6.45) is -1.46. The lowest BCUT2D eigenvalue weighted by atomic mass is 9.96. The summed E-state index contributed by atoms with van der Waals surface area (Å²) in [4.78, 5) is 49.7. The van der Waals surface area contributed by atoms with E-state index < -0.39 is 63.0 Å². The molecule has 2 heterocycles. The number of ether oxygens (including phenoxy) is 4. The zero-order chi connectivity index (χ0) is 25.1. The number of carbonyl (C=O) groups excluding carboxylic acids is 4. The Hall–Kier alpha value is -3.35. The average Bonchev–Trinajstić information content (AvgIpc) is 2.94. The Bertz CT molecular complexity index is 1060. The van der Waals surface area contributed by atoms with Crippen LogP contribution in [0.3, 0.4) is 0 Å². The van der Waals surface area contributed by atoms with Crippen LogP contribution >= 0.6 is 0 Å². The molecular formula is C21H26N2O10S. The highest BCUT2D eigenvalue weighted by molar-refractivity contribution is 7.94. The summed E-state index contributed by atoms with van der Waals surface area (Å²) < 4.78 is 43.7. The van der Waals surface area contributed by atoms with Crippen molar-refractivity contribution in [1.82, 2.24) is 10.2 Å². The molecule has 3 atom stereocenters. The second kappa shape index (κ2) is 9.87. The van der Waals surface area contributed by atoms with Crippen LogP contribution < -0.4 is 5.32 Å². The Labute approximate surface area is 196 Å². The predicted octanol–water partition coefficient (Wildman–Crippen LogP) is 1.09. The maximum Gasteiger partial charge on any atom is 0.511 e. The van der Waals surface area contributed by atoms with Crippen molar-refractivity contribution in [2.75, 3.05) is 13.4 Å². The lowest BCUT2D eigenvalue weighted by Gasteiger charge is -2.42. The van der Waals surface area contributed by atoms with Gasteiger partial charge in [0, 0.05) is 0 Å². The van der Waals surface area contributed by atoms with Crippen molar-refractivity contribution in [3.63, 3.8) is 0 Å². The molecule has 0 aliphatic carbocycles. The highest BCUT2D eigenvalue weighted by atomic mass is 32.2. The van der Waals surface area contributed by atoms with E-state index in [1.807, 2.05) is 0 Å². The van der Waals surface area contributed by atoms with Gasteiger partial charge in [0.1, 0.15) is 23.4 Å². The number of esters is 1. The number of sulfone groups is 1. The standard InChI is InChI=1S/C21H26N2O10S/c1-4-10-30-20(27)33-12-32-18(25)15-21(2,3)34(28,29)17-14(16(24)23(15)17)22-19(26)31-11-13-8-6-5-7-9-13/h5-9,14-15,17H,4,10-12H2,1-3H3,(H,22,26)/t14?,15-,17+/m0/s1. The molecule has 3 rings (SSSR count). The molecule has 2 aliphatic rings. The van der Waals surface area contributed by atoms with Crippen LogP contribution in [0.5, 0.6) is 0 Å². The zero-order valence-corrected chi connectivity index (χ0v) is 19.7. The van der Waals surface area contributed by atoms with Crippen LogP contribution in [-0.4, -0.2) is 73.0 Å². The van der Waals surface area contributed by atoms with Crippen molar-refractivity contribution in [3.05, 3.63) is 35.9 Å². The fraction of sp³-hybridized carbons (Fsp3) is 0.524. The van der Waals surface area contributed by atoms with E-state index in [9.17, 15) is 27.6 Å². The summed E-state index contributed by atoms with van der Waals surface area (Å²) in [5, 5.41) is 0.803. The number of nitrogens with one attached hydrogen (secondary N) is 1. The number of hydrogen-bond donors (Lipinski definition) is 1. The molecule has 1 aromatic carbocycles. The maximum absolute atomic E-state index is 13.1. The highest BCUT2D eigenvalue weighted by Crippen LogP contribution is 2.46. The second-order valence-corrected chi connectivity index (χ2v) is 10.8. The first-order valence-corrected chi connectivity index (χ1v) is 12.1. The minimum absolute atomic E-state index is 0.0736.